The van der Waals surface area contributed by atoms with E-state index in [1.165, 1.54) is 25.7 Å². The van der Waals surface area contributed by atoms with E-state index < -0.39 is 0 Å². The molecule has 0 amide bonds. The summed E-state index contributed by atoms with van der Waals surface area (Å²) in [7, 11) is 0. The molecule has 0 aliphatic heterocycles. The van der Waals surface area contributed by atoms with Gasteiger partial charge in [-0.05, 0) is 38.5 Å². The van der Waals surface area contributed by atoms with Gasteiger partial charge in [-0.3, -0.25) is 0 Å². The van der Waals surface area contributed by atoms with Crippen molar-refractivity contribution in [2.45, 2.75) is 53.0 Å². The Hall–Kier alpha value is -1.19. The molecule has 2 rings (SSSR count). The molecule has 0 radical (unpaired) electrons. The third kappa shape index (κ3) is 2.40. The standard InChI is InChI=1S/C13H24N4/c1-4-6-13(7-8-13)9-15-12-11(14)10(3)16-17(12)5-2/h15H,4-9,14H2,1-3H3. The molecule has 4 heteroatoms. The van der Waals surface area contributed by atoms with Gasteiger partial charge in [-0.1, -0.05) is 13.3 Å². The number of nitrogens with zero attached hydrogens (tertiary/aromatic N) is 2. The smallest absolute Gasteiger partial charge is 0.148 e. The first kappa shape index (κ1) is 12.3. The molecule has 0 unspecified atom stereocenters. The SMILES string of the molecule is CCCC1(CNc2c(N)c(C)nn2CC)CC1. The molecule has 1 aliphatic carbocycles. The number of nitrogen functional groups attached to an aromatic ring is 1. The Morgan fingerprint density at radius 2 is 2.12 bits per heavy atom. The predicted molar refractivity (Wildman–Crippen MR) is 72.1 cm³/mol. The minimum atomic E-state index is 0.540. The molecule has 0 bridgehead atoms. The summed E-state index contributed by atoms with van der Waals surface area (Å²) in [6.07, 6.45) is 5.29. The summed E-state index contributed by atoms with van der Waals surface area (Å²) in [6, 6.07) is 0. The summed E-state index contributed by atoms with van der Waals surface area (Å²) >= 11 is 0. The van der Waals surface area contributed by atoms with Crippen LogP contribution in [0.1, 0.15) is 45.2 Å². The number of nitrogens with two attached hydrogens (primary N) is 1. The lowest BCUT2D eigenvalue weighted by atomic mass is 10.0. The van der Waals surface area contributed by atoms with E-state index in [4.69, 9.17) is 5.73 Å². The van der Waals surface area contributed by atoms with Crippen LogP contribution in [-0.2, 0) is 6.54 Å². The molecule has 1 heterocycles. The summed E-state index contributed by atoms with van der Waals surface area (Å²) in [4.78, 5) is 0. The molecule has 1 aromatic heterocycles. The number of anilines is 2. The van der Waals surface area contributed by atoms with Crippen molar-refractivity contribution in [2.24, 2.45) is 5.41 Å². The van der Waals surface area contributed by atoms with Gasteiger partial charge in [0.05, 0.1) is 11.4 Å². The monoisotopic (exact) mass is 236 g/mol. The van der Waals surface area contributed by atoms with Gasteiger partial charge in [0.15, 0.2) is 0 Å². The second-order valence-electron chi connectivity index (χ2n) is 5.27. The maximum absolute atomic E-state index is 6.06. The average molecular weight is 236 g/mol. The Kier molecular flexibility index (Phi) is 3.31. The molecule has 17 heavy (non-hydrogen) atoms. The van der Waals surface area contributed by atoms with E-state index in [-0.39, 0.29) is 0 Å². The van der Waals surface area contributed by atoms with Gasteiger partial charge in [-0.2, -0.15) is 5.10 Å². The highest BCUT2D eigenvalue weighted by Crippen LogP contribution is 2.49. The van der Waals surface area contributed by atoms with E-state index in [9.17, 15) is 0 Å². The van der Waals surface area contributed by atoms with Crippen molar-refractivity contribution in [3.8, 4) is 0 Å². The van der Waals surface area contributed by atoms with Crippen LogP contribution < -0.4 is 11.1 Å². The lowest BCUT2D eigenvalue weighted by Crippen LogP contribution is -2.18. The maximum atomic E-state index is 6.06. The first-order valence-corrected chi connectivity index (χ1v) is 6.68. The second kappa shape index (κ2) is 4.59. The fraction of sp³-hybridized carbons (Fsp3) is 0.769. The molecule has 1 fully saturated rings. The minimum Gasteiger partial charge on any atom is -0.394 e. The molecule has 0 atom stereocenters. The Morgan fingerprint density at radius 3 is 2.65 bits per heavy atom. The summed E-state index contributed by atoms with van der Waals surface area (Å²) in [5.74, 6) is 1.01. The third-order valence-electron chi connectivity index (χ3n) is 3.84. The Labute approximate surface area is 104 Å². The van der Waals surface area contributed by atoms with Crippen LogP contribution in [0.15, 0.2) is 0 Å². The minimum absolute atomic E-state index is 0.540. The van der Waals surface area contributed by atoms with Crippen molar-refractivity contribution < 1.29 is 0 Å². The second-order valence-corrected chi connectivity index (χ2v) is 5.27. The van der Waals surface area contributed by atoms with E-state index >= 15 is 0 Å². The first-order chi connectivity index (χ1) is 8.12. The maximum Gasteiger partial charge on any atom is 0.148 e. The zero-order valence-electron chi connectivity index (χ0n) is 11.2. The highest BCUT2D eigenvalue weighted by Gasteiger charge is 2.41. The highest BCUT2D eigenvalue weighted by atomic mass is 15.3. The van der Waals surface area contributed by atoms with Gasteiger partial charge in [0.25, 0.3) is 0 Å². The van der Waals surface area contributed by atoms with Gasteiger partial charge in [-0.25, -0.2) is 4.68 Å². The number of aromatic nitrogens is 2. The van der Waals surface area contributed by atoms with E-state index in [1.54, 1.807) is 0 Å². The number of hydrogen-bond acceptors (Lipinski definition) is 3. The fourth-order valence-electron chi connectivity index (χ4n) is 2.50. The van der Waals surface area contributed by atoms with Gasteiger partial charge in [-0.15, -0.1) is 0 Å². The van der Waals surface area contributed by atoms with E-state index in [0.717, 1.165) is 30.3 Å². The molecule has 3 N–H and O–H groups in total. The van der Waals surface area contributed by atoms with Crippen molar-refractivity contribution in [1.29, 1.82) is 0 Å². The fourth-order valence-corrected chi connectivity index (χ4v) is 2.50. The van der Waals surface area contributed by atoms with Crippen LogP contribution in [0.2, 0.25) is 0 Å². The van der Waals surface area contributed by atoms with Crippen LogP contribution in [0, 0.1) is 12.3 Å². The number of aryl methyl sites for hydroxylation is 2. The van der Waals surface area contributed by atoms with Crippen LogP contribution in [-0.4, -0.2) is 16.3 Å². The number of nitrogens with one attached hydrogen (secondary N) is 1. The molecule has 4 nitrogen and oxygen atoms in total. The predicted octanol–water partition coefficient (Wildman–Crippen LogP) is 2.79. The lowest BCUT2D eigenvalue weighted by Gasteiger charge is -2.16. The molecular weight excluding hydrogens is 212 g/mol. The van der Waals surface area contributed by atoms with Gasteiger partial charge in [0.1, 0.15) is 5.82 Å². The molecular formula is C13H24N4. The van der Waals surface area contributed by atoms with E-state index in [2.05, 4.69) is 24.3 Å². The zero-order valence-corrected chi connectivity index (χ0v) is 11.2. The van der Waals surface area contributed by atoms with Gasteiger partial charge in [0, 0.05) is 13.1 Å². The van der Waals surface area contributed by atoms with Crippen molar-refractivity contribution in [2.75, 3.05) is 17.6 Å². The third-order valence-corrected chi connectivity index (χ3v) is 3.84. The highest BCUT2D eigenvalue weighted by molar-refractivity contribution is 5.64. The van der Waals surface area contributed by atoms with Crippen LogP contribution in [0.3, 0.4) is 0 Å². The summed E-state index contributed by atoms with van der Waals surface area (Å²) in [6.45, 7) is 8.22. The Morgan fingerprint density at radius 1 is 1.41 bits per heavy atom. The average Bonchev–Trinajstić information content (AvgIpc) is 3.01. The number of rotatable bonds is 6. The summed E-state index contributed by atoms with van der Waals surface area (Å²) in [5.41, 5.74) is 8.33. The van der Waals surface area contributed by atoms with E-state index in [1.807, 2.05) is 11.6 Å². The van der Waals surface area contributed by atoms with Gasteiger partial charge in [0.2, 0.25) is 0 Å². The van der Waals surface area contributed by atoms with Crippen molar-refractivity contribution >= 4 is 11.5 Å². The molecule has 1 aliphatic rings. The van der Waals surface area contributed by atoms with Crippen LogP contribution >= 0.6 is 0 Å². The Balaban J connectivity index is 2.03. The Bertz CT molecular complexity index is 390. The molecule has 0 aromatic carbocycles. The summed E-state index contributed by atoms with van der Waals surface area (Å²) in [5, 5.41) is 7.94. The van der Waals surface area contributed by atoms with Crippen molar-refractivity contribution in [3.63, 3.8) is 0 Å². The van der Waals surface area contributed by atoms with Gasteiger partial charge >= 0.3 is 0 Å². The quantitative estimate of drug-likeness (QED) is 0.798. The van der Waals surface area contributed by atoms with Crippen LogP contribution in [0.25, 0.3) is 0 Å². The van der Waals surface area contributed by atoms with Gasteiger partial charge < -0.3 is 11.1 Å². The zero-order chi connectivity index (χ0) is 12.5. The molecule has 1 saturated carbocycles. The normalized spacial score (nSPS) is 17.1. The molecule has 96 valence electrons. The summed E-state index contributed by atoms with van der Waals surface area (Å²) < 4.78 is 1.96. The topological polar surface area (TPSA) is 55.9 Å². The lowest BCUT2D eigenvalue weighted by molar-refractivity contribution is 0.483. The first-order valence-electron chi connectivity index (χ1n) is 6.68. The van der Waals surface area contributed by atoms with Crippen LogP contribution in [0.5, 0.6) is 0 Å². The van der Waals surface area contributed by atoms with Crippen molar-refractivity contribution in [3.05, 3.63) is 5.69 Å². The molecule has 1 aromatic rings. The van der Waals surface area contributed by atoms with Crippen LogP contribution in [0.4, 0.5) is 11.5 Å². The molecule has 0 spiro atoms. The van der Waals surface area contributed by atoms with Crippen molar-refractivity contribution in [1.82, 2.24) is 9.78 Å². The van der Waals surface area contributed by atoms with E-state index in [0.29, 0.717) is 5.41 Å². The molecule has 0 saturated heterocycles. The number of hydrogen-bond donors (Lipinski definition) is 2. The largest absolute Gasteiger partial charge is 0.394 e.